The summed E-state index contributed by atoms with van der Waals surface area (Å²) in [5.41, 5.74) is 0.376. The minimum atomic E-state index is -0.390. The molecule has 2 N–H and O–H groups in total. The SMILES string of the molecule is CC(C)(C)C(=O)NCCCC(=O)Nc1cccc(Br)c1. The molecule has 0 spiro atoms. The summed E-state index contributed by atoms with van der Waals surface area (Å²) in [5, 5.41) is 5.64. The van der Waals surface area contributed by atoms with Crippen molar-refractivity contribution in [2.24, 2.45) is 5.41 Å². The van der Waals surface area contributed by atoms with Crippen molar-refractivity contribution in [3.63, 3.8) is 0 Å². The van der Waals surface area contributed by atoms with Crippen LogP contribution in [0.25, 0.3) is 0 Å². The maximum Gasteiger partial charge on any atom is 0.225 e. The van der Waals surface area contributed by atoms with Gasteiger partial charge in [0.15, 0.2) is 0 Å². The average Bonchev–Trinajstić information content (AvgIpc) is 2.33. The molecular formula is C15H21BrN2O2. The molecule has 1 rings (SSSR count). The number of nitrogens with one attached hydrogen (secondary N) is 2. The van der Waals surface area contributed by atoms with E-state index in [1.807, 2.05) is 45.0 Å². The number of carbonyl (C=O) groups excluding carboxylic acids is 2. The van der Waals surface area contributed by atoms with Gasteiger partial charge in [-0.05, 0) is 24.6 Å². The molecule has 20 heavy (non-hydrogen) atoms. The average molecular weight is 341 g/mol. The zero-order valence-electron chi connectivity index (χ0n) is 12.1. The standard InChI is InChI=1S/C15H21BrN2O2/c1-15(2,3)14(20)17-9-5-8-13(19)18-12-7-4-6-11(16)10-12/h4,6-7,10H,5,8-9H2,1-3H3,(H,17,20)(H,18,19). The number of halogens is 1. The van der Waals surface area contributed by atoms with Crippen LogP contribution in [0.1, 0.15) is 33.6 Å². The van der Waals surface area contributed by atoms with Gasteiger partial charge in [-0.2, -0.15) is 0 Å². The van der Waals surface area contributed by atoms with Crippen LogP contribution in [0.4, 0.5) is 5.69 Å². The van der Waals surface area contributed by atoms with E-state index in [1.54, 1.807) is 0 Å². The summed E-state index contributed by atoms with van der Waals surface area (Å²) in [4.78, 5) is 23.3. The van der Waals surface area contributed by atoms with Crippen molar-refractivity contribution in [1.82, 2.24) is 5.32 Å². The molecule has 2 amide bonds. The van der Waals surface area contributed by atoms with E-state index >= 15 is 0 Å². The number of benzene rings is 1. The van der Waals surface area contributed by atoms with Gasteiger partial charge in [-0.1, -0.05) is 42.8 Å². The zero-order valence-corrected chi connectivity index (χ0v) is 13.7. The molecule has 0 bridgehead atoms. The first-order valence-electron chi connectivity index (χ1n) is 6.63. The van der Waals surface area contributed by atoms with Crippen molar-refractivity contribution in [2.45, 2.75) is 33.6 Å². The highest BCUT2D eigenvalue weighted by Crippen LogP contribution is 2.16. The highest BCUT2D eigenvalue weighted by molar-refractivity contribution is 9.10. The van der Waals surface area contributed by atoms with E-state index in [2.05, 4.69) is 26.6 Å². The summed E-state index contributed by atoms with van der Waals surface area (Å²) in [7, 11) is 0. The Labute approximate surface area is 128 Å². The smallest absolute Gasteiger partial charge is 0.225 e. The molecular weight excluding hydrogens is 320 g/mol. The number of rotatable bonds is 5. The van der Waals surface area contributed by atoms with E-state index in [1.165, 1.54) is 0 Å². The van der Waals surface area contributed by atoms with E-state index < -0.39 is 5.41 Å². The highest BCUT2D eigenvalue weighted by atomic mass is 79.9. The Kier molecular flexibility index (Phi) is 6.20. The van der Waals surface area contributed by atoms with Crippen molar-refractivity contribution in [1.29, 1.82) is 0 Å². The van der Waals surface area contributed by atoms with E-state index in [-0.39, 0.29) is 11.8 Å². The van der Waals surface area contributed by atoms with Crippen molar-refractivity contribution in [2.75, 3.05) is 11.9 Å². The molecule has 0 saturated carbocycles. The molecule has 0 radical (unpaired) electrons. The fourth-order valence-corrected chi connectivity index (χ4v) is 1.90. The van der Waals surface area contributed by atoms with Crippen LogP contribution in [-0.4, -0.2) is 18.4 Å². The minimum Gasteiger partial charge on any atom is -0.356 e. The van der Waals surface area contributed by atoms with Gasteiger partial charge >= 0.3 is 0 Å². The molecule has 0 aliphatic heterocycles. The molecule has 110 valence electrons. The lowest BCUT2D eigenvalue weighted by Crippen LogP contribution is -2.35. The van der Waals surface area contributed by atoms with Crippen LogP contribution in [0.15, 0.2) is 28.7 Å². The van der Waals surface area contributed by atoms with E-state index in [0.29, 0.717) is 19.4 Å². The van der Waals surface area contributed by atoms with Crippen LogP contribution in [-0.2, 0) is 9.59 Å². The van der Waals surface area contributed by atoms with Crippen LogP contribution >= 0.6 is 15.9 Å². The van der Waals surface area contributed by atoms with Crippen LogP contribution in [0.2, 0.25) is 0 Å². The third-order valence-corrected chi connectivity index (χ3v) is 3.15. The number of carbonyl (C=O) groups is 2. The maximum atomic E-state index is 11.7. The first-order valence-corrected chi connectivity index (χ1v) is 7.42. The summed E-state index contributed by atoms with van der Waals surface area (Å²) in [6.45, 7) is 6.11. The Morgan fingerprint density at radius 1 is 1.25 bits per heavy atom. The van der Waals surface area contributed by atoms with Crippen molar-refractivity contribution >= 4 is 33.4 Å². The first-order chi connectivity index (χ1) is 9.29. The second kappa shape index (κ2) is 7.43. The Balaban J connectivity index is 2.26. The van der Waals surface area contributed by atoms with Crippen LogP contribution in [0.5, 0.6) is 0 Å². The van der Waals surface area contributed by atoms with E-state index in [4.69, 9.17) is 0 Å². The fourth-order valence-electron chi connectivity index (χ4n) is 1.51. The lowest BCUT2D eigenvalue weighted by Gasteiger charge is -2.17. The number of hydrogen-bond donors (Lipinski definition) is 2. The van der Waals surface area contributed by atoms with Crippen LogP contribution in [0.3, 0.4) is 0 Å². The van der Waals surface area contributed by atoms with Crippen LogP contribution < -0.4 is 10.6 Å². The van der Waals surface area contributed by atoms with Gasteiger partial charge in [0.1, 0.15) is 0 Å². The van der Waals surface area contributed by atoms with Crippen LogP contribution in [0, 0.1) is 5.41 Å². The van der Waals surface area contributed by atoms with Gasteiger partial charge in [0.2, 0.25) is 11.8 Å². The Hall–Kier alpha value is -1.36. The molecule has 0 saturated heterocycles. The Bertz CT molecular complexity index is 481. The fraction of sp³-hybridized carbons (Fsp3) is 0.467. The summed E-state index contributed by atoms with van der Waals surface area (Å²) < 4.78 is 0.924. The lowest BCUT2D eigenvalue weighted by atomic mass is 9.96. The summed E-state index contributed by atoms with van der Waals surface area (Å²) in [5.74, 6) is -0.0435. The molecule has 0 atom stereocenters. The largest absolute Gasteiger partial charge is 0.356 e. The van der Waals surface area contributed by atoms with E-state index in [9.17, 15) is 9.59 Å². The van der Waals surface area contributed by atoms with Gasteiger partial charge in [-0.25, -0.2) is 0 Å². The van der Waals surface area contributed by atoms with Gasteiger partial charge in [0.25, 0.3) is 0 Å². The molecule has 1 aromatic carbocycles. The summed E-state index contributed by atoms with van der Waals surface area (Å²) in [6.07, 6.45) is 1.01. The number of anilines is 1. The van der Waals surface area contributed by atoms with Crippen molar-refractivity contribution < 1.29 is 9.59 Å². The topological polar surface area (TPSA) is 58.2 Å². The predicted molar refractivity (Wildman–Crippen MR) is 84.5 cm³/mol. The molecule has 0 aromatic heterocycles. The normalized spacial score (nSPS) is 11.0. The quantitative estimate of drug-likeness (QED) is 0.807. The van der Waals surface area contributed by atoms with E-state index in [0.717, 1.165) is 10.2 Å². The molecule has 0 aliphatic rings. The molecule has 0 unspecified atom stereocenters. The maximum absolute atomic E-state index is 11.7. The number of amides is 2. The Morgan fingerprint density at radius 3 is 2.55 bits per heavy atom. The summed E-state index contributed by atoms with van der Waals surface area (Å²) >= 11 is 3.35. The monoisotopic (exact) mass is 340 g/mol. The van der Waals surface area contributed by atoms with Crippen molar-refractivity contribution in [3.8, 4) is 0 Å². The van der Waals surface area contributed by atoms with Gasteiger partial charge in [-0.15, -0.1) is 0 Å². The van der Waals surface area contributed by atoms with Gasteiger partial charge < -0.3 is 10.6 Å². The molecule has 4 nitrogen and oxygen atoms in total. The molecule has 0 heterocycles. The van der Waals surface area contributed by atoms with Crippen molar-refractivity contribution in [3.05, 3.63) is 28.7 Å². The zero-order chi connectivity index (χ0) is 15.2. The third kappa shape index (κ3) is 6.19. The van der Waals surface area contributed by atoms with Gasteiger partial charge in [0, 0.05) is 28.5 Å². The highest BCUT2D eigenvalue weighted by Gasteiger charge is 2.20. The first kappa shape index (κ1) is 16.7. The predicted octanol–water partition coefficient (Wildman–Crippen LogP) is 3.33. The molecule has 0 aliphatic carbocycles. The second-order valence-corrected chi connectivity index (χ2v) is 6.58. The Morgan fingerprint density at radius 2 is 1.95 bits per heavy atom. The number of hydrogen-bond acceptors (Lipinski definition) is 2. The molecule has 5 heteroatoms. The molecule has 1 aromatic rings. The molecule has 0 fully saturated rings. The summed E-state index contributed by atoms with van der Waals surface area (Å²) in [6, 6.07) is 7.45. The minimum absolute atomic E-state index is 0.00454. The second-order valence-electron chi connectivity index (χ2n) is 5.67. The third-order valence-electron chi connectivity index (χ3n) is 2.66. The lowest BCUT2D eigenvalue weighted by molar-refractivity contribution is -0.128. The van der Waals surface area contributed by atoms with Gasteiger partial charge in [0.05, 0.1) is 0 Å². The van der Waals surface area contributed by atoms with Gasteiger partial charge in [-0.3, -0.25) is 9.59 Å².